The number of anilines is 1. The summed E-state index contributed by atoms with van der Waals surface area (Å²) in [5.74, 6) is -0.445. The van der Waals surface area contributed by atoms with Crippen LogP contribution >= 0.6 is 12.2 Å². The van der Waals surface area contributed by atoms with Gasteiger partial charge in [0.15, 0.2) is 4.77 Å². The number of hydrogen-bond donors (Lipinski definition) is 3. The Labute approximate surface area is 178 Å². The van der Waals surface area contributed by atoms with Crippen molar-refractivity contribution in [1.82, 2.24) is 14.9 Å². The minimum atomic E-state index is -4.69. The van der Waals surface area contributed by atoms with E-state index in [2.05, 4.69) is 15.6 Å². The number of carbonyl (C=O) groups excluding carboxylic acids is 1. The quantitative estimate of drug-likeness (QED) is 0.215. The third kappa shape index (κ3) is 5.09. The third-order valence-corrected chi connectivity index (χ3v) is 4.57. The Morgan fingerprint density at radius 1 is 1.16 bits per heavy atom. The molecule has 12 heteroatoms. The van der Waals surface area contributed by atoms with Crippen LogP contribution in [0, 0.1) is 14.9 Å². The molecule has 2 aromatic carbocycles. The smallest absolute Gasteiger partial charge is 0.378 e. The molecular formula is C19H16F3N5O3S. The van der Waals surface area contributed by atoms with Crippen molar-refractivity contribution in [3.05, 3.63) is 80.9 Å². The number of alkyl halides is 3. The van der Waals surface area contributed by atoms with Crippen molar-refractivity contribution >= 4 is 29.5 Å². The molecule has 0 spiro atoms. The summed E-state index contributed by atoms with van der Waals surface area (Å²) >= 11 is 5.22. The molecule has 0 unspecified atom stereocenters. The van der Waals surface area contributed by atoms with Crippen molar-refractivity contribution in [3.8, 4) is 5.69 Å². The number of nitro groups is 1. The molecule has 3 rings (SSSR count). The Bertz CT molecular complexity index is 1160. The van der Waals surface area contributed by atoms with E-state index in [0.717, 1.165) is 12.1 Å². The number of imidazole rings is 1. The number of nitrogens with zero attached hydrogens (tertiary/aromatic N) is 2. The standard InChI is InChI=1S/C19H16F3N5O3S/c20-19(21,22)12-6-7-14(15(10-12)27(29)30)23-8-9-24-17(28)16-11-25-18(31)26(16)13-4-2-1-3-5-13/h1-7,10-11,23H,8-9H2,(H,24,28)(H,25,31). The zero-order chi connectivity index (χ0) is 22.6. The van der Waals surface area contributed by atoms with Gasteiger partial charge in [-0.25, -0.2) is 0 Å². The van der Waals surface area contributed by atoms with Gasteiger partial charge in [-0.05, 0) is 36.5 Å². The fraction of sp³-hybridized carbons (Fsp3) is 0.158. The van der Waals surface area contributed by atoms with Crippen LogP contribution in [0.4, 0.5) is 24.5 Å². The van der Waals surface area contributed by atoms with Gasteiger partial charge in [-0.3, -0.25) is 19.5 Å². The van der Waals surface area contributed by atoms with E-state index in [-0.39, 0.29) is 24.5 Å². The van der Waals surface area contributed by atoms with E-state index < -0.39 is 28.3 Å². The topological polar surface area (TPSA) is 105 Å². The van der Waals surface area contributed by atoms with E-state index >= 15 is 0 Å². The Morgan fingerprint density at radius 2 is 1.87 bits per heavy atom. The molecular weight excluding hydrogens is 435 g/mol. The van der Waals surface area contributed by atoms with Crippen LogP contribution in [0.1, 0.15) is 16.1 Å². The minimum Gasteiger partial charge on any atom is -0.378 e. The largest absolute Gasteiger partial charge is 0.416 e. The summed E-state index contributed by atoms with van der Waals surface area (Å²) in [7, 11) is 0. The van der Waals surface area contributed by atoms with Gasteiger partial charge in [0.2, 0.25) is 0 Å². The van der Waals surface area contributed by atoms with Crippen molar-refractivity contribution in [2.24, 2.45) is 0 Å². The van der Waals surface area contributed by atoms with E-state index in [4.69, 9.17) is 12.2 Å². The van der Waals surface area contributed by atoms with Gasteiger partial charge < -0.3 is 15.6 Å². The number of rotatable bonds is 7. The highest BCUT2D eigenvalue weighted by Gasteiger charge is 2.33. The molecule has 162 valence electrons. The monoisotopic (exact) mass is 451 g/mol. The molecule has 1 amide bonds. The maximum absolute atomic E-state index is 12.8. The van der Waals surface area contributed by atoms with Gasteiger partial charge in [-0.1, -0.05) is 18.2 Å². The highest BCUT2D eigenvalue weighted by atomic mass is 32.1. The molecule has 0 aliphatic carbocycles. The predicted molar refractivity (Wildman–Crippen MR) is 110 cm³/mol. The summed E-state index contributed by atoms with van der Waals surface area (Å²) in [4.78, 5) is 25.6. The zero-order valence-corrected chi connectivity index (χ0v) is 16.6. The number of carbonyl (C=O) groups is 1. The normalized spacial score (nSPS) is 11.2. The van der Waals surface area contributed by atoms with Crippen molar-refractivity contribution in [2.75, 3.05) is 18.4 Å². The first kappa shape index (κ1) is 22.0. The summed E-state index contributed by atoms with van der Waals surface area (Å²) in [5, 5.41) is 16.4. The SMILES string of the molecule is O=C(NCCNc1ccc(C(F)(F)F)cc1[N+](=O)[O-])c1c[nH]c(=S)n1-c1ccccc1. The summed E-state index contributed by atoms with van der Waals surface area (Å²) in [5.41, 5.74) is -0.949. The van der Waals surface area contributed by atoms with Crippen molar-refractivity contribution in [3.63, 3.8) is 0 Å². The van der Waals surface area contributed by atoms with Gasteiger partial charge in [-0.2, -0.15) is 13.2 Å². The Morgan fingerprint density at radius 3 is 2.52 bits per heavy atom. The lowest BCUT2D eigenvalue weighted by Crippen LogP contribution is -2.30. The second-order valence-corrected chi connectivity index (χ2v) is 6.71. The third-order valence-electron chi connectivity index (χ3n) is 4.27. The average Bonchev–Trinajstić information content (AvgIpc) is 3.12. The number of H-pyrrole nitrogens is 1. The maximum atomic E-state index is 12.8. The molecule has 0 bridgehead atoms. The first-order chi connectivity index (χ1) is 14.7. The van der Waals surface area contributed by atoms with Crippen molar-refractivity contribution in [1.29, 1.82) is 0 Å². The van der Waals surface area contributed by atoms with Crippen molar-refractivity contribution < 1.29 is 22.9 Å². The maximum Gasteiger partial charge on any atom is 0.416 e. The van der Waals surface area contributed by atoms with E-state index in [0.29, 0.717) is 16.5 Å². The van der Waals surface area contributed by atoms with Crippen LogP contribution in [-0.2, 0) is 6.18 Å². The Hall–Kier alpha value is -3.67. The number of aromatic amines is 1. The van der Waals surface area contributed by atoms with Gasteiger partial charge >= 0.3 is 6.18 Å². The average molecular weight is 451 g/mol. The fourth-order valence-electron chi connectivity index (χ4n) is 2.84. The molecule has 3 N–H and O–H groups in total. The number of halogens is 3. The number of para-hydroxylation sites is 1. The second kappa shape index (κ2) is 9.00. The number of benzene rings is 2. The zero-order valence-electron chi connectivity index (χ0n) is 15.8. The molecule has 0 atom stereocenters. The molecule has 8 nitrogen and oxygen atoms in total. The lowest BCUT2D eigenvalue weighted by Gasteiger charge is -2.12. The van der Waals surface area contributed by atoms with Crippen LogP contribution in [-0.4, -0.2) is 33.5 Å². The molecule has 0 saturated carbocycles. The van der Waals surface area contributed by atoms with Gasteiger partial charge in [0, 0.05) is 31.0 Å². The number of nitrogens with one attached hydrogen (secondary N) is 3. The van der Waals surface area contributed by atoms with Gasteiger partial charge in [0.25, 0.3) is 11.6 Å². The number of nitro benzene ring substituents is 1. The summed E-state index contributed by atoms with van der Waals surface area (Å²) in [6, 6.07) is 11.2. The van der Waals surface area contributed by atoms with Crippen LogP contribution < -0.4 is 10.6 Å². The predicted octanol–water partition coefficient (Wildman–Crippen LogP) is 4.30. The summed E-state index contributed by atoms with van der Waals surface area (Å²) in [6.07, 6.45) is -3.23. The van der Waals surface area contributed by atoms with E-state index in [1.807, 2.05) is 6.07 Å². The lowest BCUT2D eigenvalue weighted by molar-refractivity contribution is -0.384. The Balaban J connectivity index is 1.65. The van der Waals surface area contributed by atoms with E-state index in [1.165, 1.54) is 6.20 Å². The lowest BCUT2D eigenvalue weighted by atomic mass is 10.1. The van der Waals surface area contributed by atoms with Crippen molar-refractivity contribution in [2.45, 2.75) is 6.18 Å². The minimum absolute atomic E-state index is 0.0500. The van der Waals surface area contributed by atoms with Crippen LogP contribution in [0.25, 0.3) is 5.69 Å². The number of amides is 1. The highest BCUT2D eigenvalue weighted by molar-refractivity contribution is 7.71. The molecule has 3 aromatic rings. The van der Waals surface area contributed by atoms with E-state index in [9.17, 15) is 28.1 Å². The molecule has 0 aliphatic heterocycles. The van der Waals surface area contributed by atoms with Gasteiger partial charge in [0.1, 0.15) is 11.4 Å². The molecule has 0 radical (unpaired) electrons. The van der Waals surface area contributed by atoms with Crippen LogP contribution in [0.15, 0.2) is 54.7 Å². The highest BCUT2D eigenvalue weighted by Crippen LogP contribution is 2.34. The van der Waals surface area contributed by atoms with Gasteiger partial charge in [-0.15, -0.1) is 0 Å². The molecule has 0 fully saturated rings. The summed E-state index contributed by atoms with van der Waals surface area (Å²) < 4.78 is 40.2. The molecule has 0 aliphatic rings. The fourth-order valence-corrected chi connectivity index (χ4v) is 3.10. The summed E-state index contributed by atoms with van der Waals surface area (Å²) in [6.45, 7) is 0.109. The first-order valence-electron chi connectivity index (χ1n) is 8.92. The number of aromatic nitrogens is 2. The first-order valence-corrected chi connectivity index (χ1v) is 9.33. The molecule has 1 heterocycles. The van der Waals surface area contributed by atoms with Crippen LogP contribution in [0.3, 0.4) is 0 Å². The molecule has 1 aromatic heterocycles. The van der Waals surface area contributed by atoms with Crippen LogP contribution in [0.5, 0.6) is 0 Å². The molecule has 0 saturated heterocycles. The number of hydrogen-bond acceptors (Lipinski definition) is 5. The molecule has 31 heavy (non-hydrogen) atoms. The van der Waals surface area contributed by atoms with Crippen LogP contribution in [0.2, 0.25) is 0 Å². The second-order valence-electron chi connectivity index (χ2n) is 6.32. The van der Waals surface area contributed by atoms with Gasteiger partial charge in [0.05, 0.1) is 10.5 Å². The van der Waals surface area contributed by atoms with E-state index in [1.54, 1.807) is 28.8 Å². The Kier molecular flexibility index (Phi) is 6.39.